The first kappa shape index (κ1) is 54.8. The van der Waals surface area contributed by atoms with E-state index in [-0.39, 0.29) is 116 Å². The van der Waals surface area contributed by atoms with Crippen molar-refractivity contribution >= 4 is 59.0 Å². The lowest BCUT2D eigenvalue weighted by Gasteiger charge is -2.66. The van der Waals surface area contributed by atoms with Crippen LogP contribution in [0.25, 0.3) is 0 Å². The van der Waals surface area contributed by atoms with Crippen LogP contribution in [0.1, 0.15) is 114 Å². The van der Waals surface area contributed by atoms with E-state index in [0.29, 0.717) is 25.7 Å². The second kappa shape index (κ2) is 18.8. The van der Waals surface area contributed by atoms with Gasteiger partial charge < -0.3 is 43.7 Å². The van der Waals surface area contributed by atoms with Crippen LogP contribution in [-0.4, -0.2) is 120 Å². The summed E-state index contributed by atoms with van der Waals surface area (Å²) in [6.07, 6.45) is 12.3. The van der Waals surface area contributed by atoms with E-state index in [1.54, 1.807) is 31.2 Å². The van der Waals surface area contributed by atoms with Crippen LogP contribution in [0.4, 0.5) is 0 Å². The highest BCUT2D eigenvalue weighted by Gasteiger charge is 2.79. The Labute approximate surface area is 428 Å². The molecule has 2 aliphatic heterocycles. The predicted molar refractivity (Wildman–Crippen MR) is 264 cm³/mol. The van der Waals surface area contributed by atoms with Gasteiger partial charge in [-0.3, -0.25) is 28.8 Å². The van der Waals surface area contributed by atoms with E-state index in [2.05, 4.69) is 41.5 Å². The van der Waals surface area contributed by atoms with Crippen LogP contribution >= 0.6 is 24.0 Å². The molecule has 3 N–H and O–H groups in total. The predicted octanol–water partition coefficient (Wildman–Crippen LogP) is 6.13. The molecule has 0 bridgehead atoms. The van der Waals surface area contributed by atoms with Gasteiger partial charge in [0.1, 0.15) is 13.6 Å². The number of allylic oxidation sites excluding steroid dienone is 8. The molecule has 2 saturated heterocycles. The van der Waals surface area contributed by atoms with Gasteiger partial charge >= 0.3 is 11.9 Å². The zero-order valence-electron chi connectivity index (χ0n) is 42.7. The second-order valence-corrected chi connectivity index (χ2v) is 23.0. The minimum absolute atomic E-state index is 0. The Kier molecular flexibility index (Phi) is 14.7. The zero-order chi connectivity index (χ0) is 50.7. The summed E-state index contributed by atoms with van der Waals surface area (Å²) >= 11 is 0. The number of hydrogen-bond acceptors (Lipinski definition) is 15. The standard InChI is InChI=1S/C27H36O7.C26H34O7.CH4O.HI/c1-6-23(31)32-13-21(30)27-22(33-14-34-27)11-18-19-9-15(2)17-10-16(28)7-8-24(17,3)26(19,5)20(29)12-25(18,27)4;1-14-8-19-18-10-22-26(33-13-32-22,21(30)12-31-15(2)27)24(18,4)11-20(29)25(19,5)23(3)7-6-16(28)9-17(14)23;1-2;/h7-8,10,15,18-20,22,29H,6,9,11-14H2,1-5H3;6-7,9,14,18-20,22,29H,8,10-13H2,1-5H3;2H,1H3;1H/t15-,18?,19?,20?,22+,24?,25?,26+,27+;14-,18?,19?,20?,22+,23?,24?,25+,26+;;/m00../s1. The molecule has 2 heterocycles. The number of esters is 2. The van der Waals surface area contributed by atoms with Gasteiger partial charge in [-0.1, -0.05) is 85.6 Å². The second-order valence-electron chi connectivity index (χ2n) is 23.0. The van der Waals surface area contributed by atoms with E-state index < -0.39 is 80.0 Å². The molecule has 0 aromatic rings. The number of halogens is 1. The normalized spacial score (nSPS) is 47.5. The third-order valence-corrected chi connectivity index (χ3v) is 20.8. The molecule has 0 amide bonds. The number of rotatable bonds is 7. The molecule has 10 rings (SSSR count). The summed E-state index contributed by atoms with van der Waals surface area (Å²) in [4.78, 5) is 74.8. The first-order valence-electron chi connectivity index (χ1n) is 24.9. The summed E-state index contributed by atoms with van der Waals surface area (Å²) in [6, 6.07) is 0. The summed E-state index contributed by atoms with van der Waals surface area (Å²) in [6.45, 7) is 19.3. The van der Waals surface area contributed by atoms with Gasteiger partial charge in [-0.25, -0.2) is 0 Å². The number of ketones is 4. The number of fused-ring (bicyclic) bond motifs is 14. The summed E-state index contributed by atoms with van der Waals surface area (Å²) in [5, 5.41) is 30.7. The fraction of sp³-hybridized carbons (Fsp3) is 0.741. The molecule has 0 aromatic heterocycles. The van der Waals surface area contributed by atoms with Gasteiger partial charge in [0.25, 0.3) is 0 Å². The Morgan fingerprint density at radius 1 is 0.643 bits per heavy atom. The highest BCUT2D eigenvalue weighted by Crippen LogP contribution is 2.76. The Balaban J connectivity index is 0.000000197. The molecule has 8 aliphatic carbocycles. The van der Waals surface area contributed by atoms with E-state index in [4.69, 9.17) is 33.5 Å². The van der Waals surface area contributed by atoms with Crippen molar-refractivity contribution in [3.63, 3.8) is 0 Å². The highest BCUT2D eigenvalue weighted by molar-refractivity contribution is 14.0. The fourth-order valence-corrected chi connectivity index (χ4v) is 17.0. The molecular formula is C54H75IO15. The first-order chi connectivity index (χ1) is 32.4. The van der Waals surface area contributed by atoms with Crippen LogP contribution in [0.5, 0.6) is 0 Å². The SMILES string of the molecule is CC(=O)OCC(=O)[C@@]12OCO[C@@H]1CC1C3C[C@H](C)C4=CC(=O)C=CC4(C)[C@@]3(C)C(O)CC12C.CCC(=O)OCC(=O)[C@@]12OCO[C@@H]1CC1C3C[C@H](C)C4=CC(=O)C=CC4(C)[C@@]3(C)C(O)CC12C.CO.I. The smallest absolute Gasteiger partial charge is 0.305 e. The quantitative estimate of drug-likeness (QED) is 0.193. The van der Waals surface area contributed by atoms with Crippen LogP contribution in [0.2, 0.25) is 0 Å². The van der Waals surface area contributed by atoms with E-state index in [9.17, 15) is 39.0 Å². The van der Waals surface area contributed by atoms with Gasteiger partial charge in [0, 0.05) is 52.9 Å². The lowest BCUT2D eigenvalue weighted by atomic mass is 9.38. The van der Waals surface area contributed by atoms with Crippen LogP contribution < -0.4 is 0 Å². The van der Waals surface area contributed by atoms with Crippen molar-refractivity contribution in [1.82, 2.24) is 0 Å². The molecule has 70 heavy (non-hydrogen) atoms. The van der Waals surface area contributed by atoms with Crippen LogP contribution in [0.3, 0.4) is 0 Å². The van der Waals surface area contributed by atoms with Gasteiger partial charge in [0.2, 0.25) is 11.6 Å². The zero-order valence-corrected chi connectivity index (χ0v) is 45.0. The van der Waals surface area contributed by atoms with E-state index in [1.807, 2.05) is 26.0 Å². The molecule has 16 heteroatoms. The number of carbonyl (C=O) groups excluding carboxylic acids is 6. The molecule has 10 aliphatic rings. The third kappa shape index (κ3) is 7.16. The first-order valence-corrected chi connectivity index (χ1v) is 24.9. The molecule has 6 saturated carbocycles. The number of carbonyl (C=O) groups is 6. The topological polar surface area (TPSA) is 218 Å². The Morgan fingerprint density at radius 3 is 1.40 bits per heavy atom. The van der Waals surface area contributed by atoms with Gasteiger partial charge in [-0.2, -0.15) is 0 Å². The number of Topliss-reactive ketones (excluding diaryl/α,β-unsaturated/α-hetero) is 2. The molecule has 15 nitrogen and oxygen atoms in total. The lowest BCUT2D eigenvalue weighted by Crippen LogP contribution is -2.67. The van der Waals surface area contributed by atoms with Gasteiger partial charge in [-0.05, 0) is 98.3 Å². The highest BCUT2D eigenvalue weighted by atomic mass is 127. The van der Waals surface area contributed by atoms with E-state index in [0.717, 1.165) is 31.1 Å². The van der Waals surface area contributed by atoms with Gasteiger partial charge in [0.15, 0.2) is 36.0 Å². The maximum atomic E-state index is 13.6. The Hall–Kier alpha value is -2.97. The van der Waals surface area contributed by atoms with Crippen molar-refractivity contribution < 1.29 is 72.5 Å². The number of aliphatic hydroxyl groups excluding tert-OH is 3. The molecule has 10 unspecified atom stereocenters. The van der Waals surface area contributed by atoms with Crippen LogP contribution in [-0.2, 0) is 57.2 Å². The maximum absolute atomic E-state index is 13.6. The molecular weight excluding hydrogens is 1020 g/mol. The molecule has 388 valence electrons. The number of aliphatic hydroxyl groups is 3. The number of hydrogen-bond donors (Lipinski definition) is 3. The van der Waals surface area contributed by atoms with E-state index in [1.165, 1.54) is 6.92 Å². The Bertz CT molecular complexity index is 2310. The molecule has 8 fully saturated rings. The molecule has 0 aromatic carbocycles. The van der Waals surface area contributed by atoms with Crippen molar-refractivity contribution in [3.05, 3.63) is 47.6 Å². The van der Waals surface area contributed by atoms with Gasteiger partial charge in [-0.15, -0.1) is 24.0 Å². The number of ether oxygens (including phenoxy) is 6. The van der Waals surface area contributed by atoms with Crippen molar-refractivity contribution in [1.29, 1.82) is 0 Å². The minimum Gasteiger partial charge on any atom is -0.458 e. The molecule has 18 atom stereocenters. The van der Waals surface area contributed by atoms with Crippen LogP contribution in [0.15, 0.2) is 47.6 Å². The largest absolute Gasteiger partial charge is 0.458 e. The maximum Gasteiger partial charge on any atom is 0.305 e. The average molecular weight is 1090 g/mol. The summed E-state index contributed by atoms with van der Waals surface area (Å²) < 4.78 is 34.5. The average Bonchev–Trinajstić information content (AvgIpc) is 4.06. The molecule has 0 spiro atoms. The summed E-state index contributed by atoms with van der Waals surface area (Å²) in [5.41, 5.74) is -3.59. The fourth-order valence-electron chi connectivity index (χ4n) is 17.0. The minimum atomic E-state index is -1.24. The van der Waals surface area contributed by atoms with Crippen molar-refractivity contribution in [2.24, 2.45) is 68.0 Å². The summed E-state index contributed by atoms with van der Waals surface area (Å²) in [7, 11) is 1.00. The van der Waals surface area contributed by atoms with Crippen molar-refractivity contribution in [2.75, 3.05) is 33.9 Å². The lowest BCUT2D eigenvalue weighted by molar-refractivity contribution is -0.215. The van der Waals surface area contributed by atoms with E-state index >= 15 is 0 Å². The summed E-state index contributed by atoms with van der Waals surface area (Å²) in [5.74, 6) is -0.837. The van der Waals surface area contributed by atoms with Crippen molar-refractivity contribution in [2.45, 2.75) is 150 Å². The van der Waals surface area contributed by atoms with Gasteiger partial charge in [0.05, 0.1) is 24.4 Å². The van der Waals surface area contributed by atoms with Crippen molar-refractivity contribution in [3.8, 4) is 0 Å². The monoisotopic (exact) mass is 1090 g/mol. The van der Waals surface area contributed by atoms with Crippen LogP contribution in [0, 0.1) is 68.0 Å². The Morgan fingerprint density at radius 2 is 1.03 bits per heavy atom. The molecule has 0 radical (unpaired) electrons. The third-order valence-electron chi connectivity index (χ3n) is 20.8.